The van der Waals surface area contributed by atoms with Gasteiger partial charge >= 0.3 is 0 Å². The van der Waals surface area contributed by atoms with Crippen molar-refractivity contribution >= 4 is 21.6 Å². The minimum absolute atomic E-state index is 0.272. The maximum absolute atomic E-state index is 9.05. The van der Waals surface area contributed by atoms with Crippen LogP contribution in [0.2, 0.25) is 0 Å². The summed E-state index contributed by atoms with van der Waals surface area (Å²) in [7, 11) is 0. The number of fused-ring (bicyclic) bond motifs is 1. The SMILES string of the molecule is CCN1CC(CCO)c2cc(Br)ccc21. The summed E-state index contributed by atoms with van der Waals surface area (Å²) in [6.45, 7) is 4.53. The second kappa shape index (κ2) is 4.54. The molecule has 0 amide bonds. The Morgan fingerprint density at radius 3 is 3.00 bits per heavy atom. The van der Waals surface area contributed by atoms with Crippen LogP contribution in [0.15, 0.2) is 22.7 Å². The molecule has 1 atom stereocenters. The predicted octanol–water partition coefficient (Wildman–Crippen LogP) is 2.76. The lowest BCUT2D eigenvalue weighted by molar-refractivity contribution is 0.277. The van der Waals surface area contributed by atoms with Gasteiger partial charge in [-0.25, -0.2) is 0 Å². The normalized spacial score (nSPS) is 19.4. The number of aliphatic hydroxyl groups is 1. The average molecular weight is 270 g/mol. The summed E-state index contributed by atoms with van der Waals surface area (Å²) in [6, 6.07) is 6.44. The summed E-state index contributed by atoms with van der Waals surface area (Å²) in [6.07, 6.45) is 0.861. The molecule has 1 heterocycles. The third kappa shape index (κ3) is 2.04. The molecule has 0 aromatic heterocycles. The smallest absolute Gasteiger partial charge is 0.0437 e. The molecule has 1 unspecified atom stereocenters. The zero-order valence-electron chi connectivity index (χ0n) is 8.91. The minimum atomic E-state index is 0.272. The van der Waals surface area contributed by atoms with Crippen molar-refractivity contribution in [1.29, 1.82) is 0 Å². The number of hydrogen-bond donors (Lipinski definition) is 1. The molecule has 1 N–H and O–H groups in total. The standard InChI is InChI=1S/C12H16BrNO/c1-2-14-8-9(5-6-15)11-7-10(13)3-4-12(11)14/h3-4,7,9,15H,2,5-6,8H2,1H3. The molecule has 0 fully saturated rings. The second-order valence-electron chi connectivity index (χ2n) is 3.95. The first-order chi connectivity index (χ1) is 7.26. The van der Waals surface area contributed by atoms with Gasteiger partial charge in [-0.1, -0.05) is 15.9 Å². The number of anilines is 1. The maximum atomic E-state index is 9.05. The van der Waals surface area contributed by atoms with E-state index >= 15 is 0 Å². The first-order valence-corrected chi connectivity index (χ1v) is 6.20. The Kier molecular flexibility index (Phi) is 3.32. The van der Waals surface area contributed by atoms with E-state index in [2.05, 4.69) is 46.0 Å². The Hall–Kier alpha value is -0.540. The summed E-state index contributed by atoms with van der Waals surface area (Å²) < 4.78 is 1.13. The highest BCUT2D eigenvalue weighted by atomic mass is 79.9. The molecule has 0 radical (unpaired) electrons. The van der Waals surface area contributed by atoms with E-state index in [1.165, 1.54) is 11.3 Å². The summed E-state index contributed by atoms with van der Waals surface area (Å²) in [5, 5.41) is 9.05. The first-order valence-electron chi connectivity index (χ1n) is 5.41. The van der Waals surface area contributed by atoms with Gasteiger partial charge in [-0.05, 0) is 37.1 Å². The minimum Gasteiger partial charge on any atom is -0.396 e. The Morgan fingerprint density at radius 1 is 1.53 bits per heavy atom. The highest BCUT2D eigenvalue weighted by Crippen LogP contribution is 2.39. The van der Waals surface area contributed by atoms with Crippen molar-refractivity contribution in [2.75, 3.05) is 24.6 Å². The Bertz CT molecular complexity index is 353. The quantitative estimate of drug-likeness (QED) is 0.912. The van der Waals surface area contributed by atoms with E-state index in [1.54, 1.807) is 0 Å². The van der Waals surface area contributed by atoms with Crippen LogP contribution in [0.25, 0.3) is 0 Å². The van der Waals surface area contributed by atoms with Crippen LogP contribution in [0.5, 0.6) is 0 Å². The van der Waals surface area contributed by atoms with Crippen LogP contribution < -0.4 is 4.90 Å². The first kappa shape index (κ1) is 11.0. The molecule has 3 heteroatoms. The van der Waals surface area contributed by atoms with E-state index in [4.69, 9.17) is 5.11 Å². The summed E-state index contributed by atoms with van der Waals surface area (Å²) in [5.74, 6) is 0.488. The Balaban J connectivity index is 2.34. The van der Waals surface area contributed by atoms with Crippen molar-refractivity contribution in [3.05, 3.63) is 28.2 Å². The summed E-state index contributed by atoms with van der Waals surface area (Å²) in [5.41, 5.74) is 2.71. The lowest BCUT2D eigenvalue weighted by Gasteiger charge is -2.16. The van der Waals surface area contributed by atoms with E-state index in [1.807, 2.05) is 0 Å². The number of benzene rings is 1. The molecule has 15 heavy (non-hydrogen) atoms. The second-order valence-corrected chi connectivity index (χ2v) is 4.87. The van der Waals surface area contributed by atoms with Gasteiger partial charge in [0.05, 0.1) is 0 Å². The zero-order valence-corrected chi connectivity index (χ0v) is 10.5. The van der Waals surface area contributed by atoms with Crippen molar-refractivity contribution in [2.24, 2.45) is 0 Å². The third-order valence-electron chi connectivity index (χ3n) is 3.07. The molecule has 1 aliphatic rings. The fourth-order valence-electron chi connectivity index (χ4n) is 2.31. The topological polar surface area (TPSA) is 23.5 Å². The van der Waals surface area contributed by atoms with Crippen LogP contribution in [-0.4, -0.2) is 24.8 Å². The van der Waals surface area contributed by atoms with Crippen molar-refractivity contribution in [2.45, 2.75) is 19.3 Å². The van der Waals surface area contributed by atoms with E-state index in [0.29, 0.717) is 5.92 Å². The lowest BCUT2D eigenvalue weighted by Crippen LogP contribution is -2.21. The van der Waals surface area contributed by atoms with Gasteiger partial charge < -0.3 is 10.0 Å². The monoisotopic (exact) mass is 269 g/mol. The molecule has 1 aromatic carbocycles. The number of aliphatic hydroxyl groups excluding tert-OH is 1. The molecular weight excluding hydrogens is 254 g/mol. The van der Waals surface area contributed by atoms with Gasteiger partial charge in [0.15, 0.2) is 0 Å². The fourth-order valence-corrected chi connectivity index (χ4v) is 2.68. The van der Waals surface area contributed by atoms with Gasteiger partial charge in [0, 0.05) is 35.8 Å². The number of nitrogens with zero attached hydrogens (tertiary/aromatic N) is 1. The van der Waals surface area contributed by atoms with Crippen LogP contribution in [0.1, 0.15) is 24.8 Å². The molecule has 0 saturated carbocycles. The van der Waals surface area contributed by atoms with E-state index < -0.39 is 0 Å². The predicted molar refractivity (Wildman–Crippen MR) is 66.5 cm³/mol. The van der Waals surface area contributed by atoms with Gasteiger partial charge in [0.1, 0.15) is 0 Å². The molecule has 1 aromatic rings. The highest BCUT2D eigenvalue weighted by molar-refractivity contribution is 9.10. The molecule has 1 aliphatic heterocycles. The van der Waals surface area contributed by atoms with Gasteiger partial charge in [-0.15, -0.1) is 0 Å². The van der Waals surface area contributed by atoms with E-state index in [9.17, 15) is 0 Å². The van der Waals surface area contributed by atoms with Crippen molar-refractivity contribution in [1.82, 2.24) is 0 Å². The van der Waals surface area contributed by atoms with Crippen molar-refractivity contribution in [3.63, 3.8) is 0 Å². The average Bonchev–Trinajstić information content (AvgIpc) is 2.57. The lowest BCUT2D eigenvalue weighted by atomic mass is 9.99. The number of likely N-dealkylation sites (N-methyl/N-ethyl adjacent to an activating group) is 1. The molecule has 2 nitrogen and oxygen atoms in total. The number of hydrogen-bond acceptors (Lipinski definition) is 2. The number of halogens is 1. The molecule has 0 aliphatic carbocycles. The van der Waals surface area contributed by atoms with Gasteiger partial charge in [-0.3, -0.25) is 0 Å². The third-order valence-corrected chi connectivity index (χ3v) is 3.56. The molecule has 0 saturated heterocycles. The zero-order chi connectivity index (χ0) is 10.8. The van der Waals surface area contributed by atoms with Crippen molar-refractivity contribution in [3.8, 4) is 0 Å². The number of rotatable bonds is 3. The highest BCUT2D eigenvalue weighted by Gasteiger charge is 2.26. The van der Waals surface area contributed by atoms with Crippen LogP contribution in [0.4, 0.5) is 5.69 Å². The molecule has 82 valence electrons. The molecule has 0 spiro atoms. The Morgan fingerprint density at radius 2 is 2.33 bits per heavy atom. The van der Waals surface area contributed by atoms with Gasteiger partial charge in [0.25, 0.3) is 0 Å². The van der Waals surface area contributed by atoms with Crippen molar-refractivity contribution < 1.29 is 5.11 Å². The largest absolute Gasteiger partial charge is 0.396 e. The van der Waals surface area contributed by atoms with E-state index in [0.717, 1.165) is 24.0 Å². The van der Waals surface area contributed by atoms with Crippen LogP contribution >= 0.6 is 15.9 Å². The maximum Gasteiger partial charge on any atom is 0.0437 e. The molecule has 0 bridgehead atoms. The summed E-state index contributed by atoms with van der Waals surface area (Å²) >= 11 is 3.50. The fraction of sp³-hybridized carbons (Fsp3) is 0.500. The van der Waals surface area contributed by atoms with Crippen LogP contribution in [0, 0.1) is 0 Å². The van der Waals surface area contributed by atoms with E-state index in [-0.39, 0.29) is 6.61 Å². The van der Waals surface area contributed by atoms with Gasteiger partial charge in [-0.2, -0.15) is 0 Å². The molecule has 2 rings (SSSR count). The van der Waals surface area contributed by atoms with Crippen LogP contribution in [0.3, 0.4) is 0 Å². The summed E-state index contributed by atoms with van der Waals surface area (Å²) in [4.78, 5) is 2.38. The van der Waals surface area contributed by atoms with Gasteiger partial charge in [0.2, 0.25) is 0 Å². The van der Waals surface area contributed by atoms with Crippen LogP contribution in [-0.2, 0) is 0 Å². The Labute approximate surface area is 99.0 Å². The molecular formula is C12H16BrNO.